The van der Waals surface area contributed by atoms with Crippen molar-refractivity contribution in [1.82, 2.24) is 5.43 Å². The van der Waals surface area contributed by atoms with Crippen molar-refractivity contribution in [3.63, 3.8) is 0 Å². The van der Waals surface area contributed by atoms with Gasteiger partial charge in [0.25, 0.3) is 5.91 Å². The van der Waals surface area contributed by atoms with Gasteiger partial charge in [0.2, 0.25) is 0 Å². The van der Waals surface area contributed by atoms with Crippen LogP contribution in [0, 0.1) is 20.8 Å². The Hall–Kier alpha value is -1.59. The average Bonchev–Trinajstić information content (AvgIpc) is 2.85. The molecule has 1 aromatic carbocycles. The zero-order chi connectivity index (χ0) is 14.7. The van der Waals surface area contributed by atoms with E-state index >= 15 is 0 Å². The minimum Gasteiger partial charge on any atom is -0.490 e. The van der Waals surface area contributed by atoms with Crippen LogP contribution in [0.1, 0.15) is 29.5 Å². The summed E-state index contributed by atoms with van der Waals surface area (Å²) in [5, 5.41) is 0. The number of hydrazine groups is 1. The Morgan fingerprint density at radius 1 is 1.35 bits per heavy atom. The van der Waals surface area contributed by atoms with Crippen molar-refractivity contribution >= 4 is 5.91 Å². The lowest BCUT2D eigenvalue weighted by molar-refractivity contribution is -0.132. The Morgan fingerprint density at radius 3 is 2.60 bits per heavy atom. The molecule has 0 saturated carbocycles. The number of benzene rings is 1. The van der Waals surface area contributed by atoms with Gasteiger partial charge >= 0.3 is 0 Å². The quantitative estimate of drug-likeness (QED) is 0.497. The molecule has 0 aliphatic carbocycles. The predicted molar refractivity (Wildman–Crippen MR) is 76.4 cm³/mol. The van der Waals surface area contributed by atoms with Gasteiger partial charge in [-0.1, -0.05) is 17.7 Å². The molecule has 5 nitrogen and oxygen atoms in total. The Kier molecular flexibility index (Phi) is 4.62. The van der Waals surface area contributed by atoms with Gasteiger partial charge in [-0.3, -0.25) is 10.2 Å². The van der Waals surface area contributed by atoms with Crippen molar-refractivity contribution in [2.24, 2.45) is 5.84 Å². The molecule has 3 N–H and O–H groups in total. The van der Waals surface area contributed by atoms with Crippen molar-refractivity contribution in [2.75, 3.05) is 6.61 Å². The molecule has 1 saturated heterocycles. The number of hydrogen-bond donors (Lipinski definition) is 2. The van der Waals surface area contributed by atoms with Gasteiger partial charge in [-0.05, 0) is 44.7 Å². The highest BCUT2D eigenvalue weighted by atomic mass is 16.5. The summed E-state index contributed by atoms with van der Waals surface area (Å²) in [5.74, 6) is 5.75. The van der Waals surface area contributed by atoms with Gasteiger partial charge in [-0.2, -0.15) is 0 Å². The van der Waals surface area contributed by atoms with Crippen molar-refractivity contribution < 1.29 is 14.3 Å². The van der Waals surface area contributed by atoms with Crippen LogP contribution in [0.5, 0.6) is 5.75 Å². The maximum atomic E-state index is 11.4. The first-order chi connectivity index (χ1) is 9.51. The highest BCUT2D eigenvalue weighted by Crippen LogP contribution is 2.26. The second-order valence-corrected chi connectivity index (χ2v) is 5.37. The third-order valence-electron chi connectivity index (χ3n) is 3.56. The fraction of sp³-hybridized carbons (Fsp3) is 0.533. The Morgan fingerprint density at radius 2 is 2.00 bits per heavy atom. The van der Waals surface area contributed by atoms with E-state index in [4.69, 9.17) is 15.3 Å². The van der Waals surface area contributed by atoms with Gasteiger partial charge in [0.1, 0.15) is 18.5 Å². The minimum atomic E-state index is -0.450. The summed E-state index contributed by atoms with van der Waals surface area (Å²) in [6.45, 7) is 6.60. The fourth-order valence-corrected chi connectivity index (χ4v) is 2.68. The van der Waals surface area contributed by atoms with E-state index in [0.29, 0.717) is 13.0 Å². The summed E-state index contributed by atoms with van der Waals surface area (Å²) in [7, 11) is 0. The van der Waals surface area contributed by atoms with E-state index in [0.717, 1.165) is 23.3 Å². The number of ether oxygens (including phenoxy) is 2. The number of nitrogens with two attached hydrogens (primary N) is 1. The van der Waals surface area contributed by atoms with Crippen LogP contribution in [0.25, 0.3) is 0 Å². The molecule has 5 heteroatoms. The summed E-state index contributed by atoms with van der Waals surface area (Å²) in [6.07, 6.45) is 0.983. The average molecular weight is 278 g/mol. The second-order valence-electron chi connectivity index (χ2n) is 5.37. The first kappa shape index (κ1) is 14.8. The molecule has 0 spiro atoms. The smallest absolute Gasteiger partial charge is 0.263 e. The summed E-state index contributed by atoms with van der Waals surface area (Å²) >= 11 is 0. The highest BCUT2D eigenvalue weighted by Gasteiger charge is 2.30. The SMILES string of the molecule is Cc1cc(C)c(OCC2CCC(C(=O)NN)O2)c(C)c1. The summed E-state index contributed by atoms with van der Waals surface area (Å²) in [5.41, 5.74) is 5.59. The zero-order valence-electron chi connectivity index (χ0n) is 12.2. The molecule has 2 atom stereocenters. The van der Waals surface area contributed by atoms with Crippen LogP contribution in [0.15, 0.2) is 12.1 Å². The Bertz CT molecular complexity index is 479. The fourth-order valence-electron chi connectivity index (χ4n) is 2.68. The largest absolute Gasteiger partial charge is 0.490 e. The predicted octanol–water partition coefficient (Wildman–Crippen LogP) is 1.53. The van der Waals surface area contributed by atoms with Crippen molar-refractivity contribution in [3.8, 4) is 5.75 Å². The maximum Gasteiger partial charge on any atom is 0.263 e. The third-order valence-corrected chi connectivity index (χ3v) is 3.56. The van der Waals surface area contributed by atoms with Gasteiger partial charge in [-0.15, -0.1) is 0 Å². The first-order valence-corrected chi connectivity index (χ1v) is 6.88. The third kappa shape index (κ3) is 3.29. The van der Waals surface area contributed by atoms with Gasteiger partial charge < -0.3 is 9.47 Å². The van der Waals surface area contributed by atoms with Crippen molar-refractivity contribution in [3.05, 3.63) is 28.8 Å². The van der Waals surface area contributed by atoms with Crippen LogP contribution in [0.3, 0.4) is 0 Å². The molecule has 1 fully saturated rings. The standard InChI is InChI=1S/C15H22N2O3/c1-9-6-10(2)14(11(3)7-9)19-8-12-4-5-13(20-12)15(18)17-16/h6-7,12-13H,4-5,8,16H2,1-3H3,(H,17,18). The lowest BCUT2D eigenvalue weighted by Gasteiger charge is -2.17. The van der Waals surface area contributed by atoms with Crippen LogP contribution in [0.4, 0.5) is 0 Å². The molecule has 0 radical (unpaired) electrons. The van der Waals surface area contributed by atoms with Crippen LogP contribution in [-0.2, 0) is 9.53 Å². The lowest BCUT2D eigenvalue weighted by atomic mass is 10.1. The highest BCUT2D eigenvalue weighted by molar-refractivity contribution is 5.80. The summed E-state index contributed by atoms with van der Waals surface area (Å²) < 4.78 is 11.5. The number of hydrogen-bond acceptors (Lipinski definition) is 4. The number of nitrogens with one attached hydrogen (secondary N) is 1. The molecule has 0 aromatic heterocycles. The number of carbonyl (C=O) groups excluding carboxylic acids is 1. The van der Waals surface area contributed by atoms with Gasteiger partial charge in [0.05, 0.1) is 6.10 Å². The number of amides is 1. The lowest BCUT2D eigenvalue weighted by Crippen LogP contribution is -2.39. The molecule has 0 bridgehead atoms. The van der Waals surface area contributed by atoms with Crippen LogP contribution in [-0.4, -0.2) is 24.7 Å². The Labute approximate surface area is 119 Å². The van der Waals surface area contributed by atoms with E-state index in [-0.39, 0.29) is 12.0 Å². The van der Waals surface area contributed by atoms with Crippen molar-refractivity contribution in [2.45, 2.75) is 45.8 Å². The zero-order valence-corrected chi connectivity index (χ0v) is 12.2. The van der Waals surface area contributed by atoms with Gasteiger partial charge in [-0.25, -0.2) is 5.84 Å². The topological polar surface area (TPSA) is 73.6 Å². The normalized spacial score (nSPS) is 21.8. The molecule has 1 amide bonds. The molecule has 1 heterocycles. The molecule has 2 rings (SSSR count). The molecule has 1 aliphatic rings. The van der Waals surface area contributed by atoms with E-state index in [1.54, 1.807) is 0 Å². The number of aryl methyl sites for hydroxylation is 3. The van der Waals surface area contributed by atoms with E-state index < -0.39 is 6.10 Å². The summed E-state index contributed by atoms with van der Waals surface area (Å²) in [4.78, 5) is 11.4. The van der Waals surface area contributed by atoms with Gasteiger partial charge in [0.15, 0.2) is 0 Å². The second kappa shape index (κ2) is 6.24. The number of carbonyl (C=O) groups is 1. The first-order valence-electron chi connectivity index (χ1n) is 6.88. The minimum absolute atomic E-state index is 0.0580. The Balaban J connectivity index is 1.92. The van der Waals surface area contributed by atoms with Gasteiger partial charge in [0, 0.05) is 0 Å². The van der Waals surface area contributed by atoms with E-state index in [1.165, 1.54) is 5.56 Å². The van der Waals surface area contributed by atoms with E-state index in [1.807, 2.05) is 13.8 Å². The van der Waals surface area contributed by atoms with Crippen molar-refractivity contribution in [1.29, 1.82) is 0 Å². The molecule has 2 unspecified atom stereocenters. The number of rotatable bonds is 4. The molecule has 1 aliphatic heterocycles. The molecule has 20 heavy (non-hydrogen) atoms. The van der Waals surface area contributed by atoms with Crippen LogP contribution in [0.2, 0.25) is 0 Å². The molecular weight excluding hydrogens is 256 g/mol. The summed E-state index contributed by atoms with van der Waals surface area (Å²) in [6, 6.07) is 4.20. The van der Waals surface area contributed by atoms with E-state index in [9.17, 15) is 4.79 Å². The molecule has 1 aromatic rings. The molecular formula is C15H22N2O3. The van der Waals surface area contributed by atoms with Crippen LogP contribution >= 0.6 is 0 Å². The molecule has 110 valence electrons. The maximum absolute atomic E-state index is 11.4. The van der Waals surface area contributed by atoms with E-state index in [2.05, 4.69) is 24.5 Å². The van der Waals surface area contributed by atoms with Crippen LogP contribution < -0.4 is 16.0 Å². The monoisotopic (exact) mass is 278 g/mol.